The second-order valence-corrected chi connectivity index (χ2v) is 11.7. The number of rotatable bonds is 8. The monoisotopic (exact) mass is 597 g/mol. The highest BCUT2D eigenvalue weighted by Gasteiger charge is 2.44. The largest absolute Gasteiger partial charge is 0.481 e. The molecule has 0 radical (unpaired) electrons. The van der Waals surface area contributed by atoms with Crippen molar-refractivity contribution in [1.82, 2.24) is 5.32 Å². The van der Waals surface area contributed by atoms with Gasteiger partial charge in [-0.05, 0) is 55.1 Å². The van der Waals surface area contributed by atoms with E-state index in [4.69, 9.17) is 10.5 Å². The van der Waals surface area contributed by atoms with Crippen molar-refractivity contribution in [2.75, 3.05) is 54.0 Å². The first-order valence-corrected chi connectivity index (χ1v) is 14.4. The topological polar surface area (TPSA) is 146 Å². The minimum Gasteiger partial charge on any atom is -0.481 e. The molecule has 3 heterocycles. The van der Waals surface area contributed by atoms with Crippen molar-refractivity contribution in [2.24, 2.45) is 17.6 Å². The standard InChI is InChI=1S/C30H33F2N5O6/c1-15(38)34-10-19-12-37(30(42)43-19)18-4-5-20(24(31)6-18)22-13-35(11-16(22)9-33)27-8-26-21(7-25(27)32)28(39)23(29(40)41)14-36(26)17-2-3-17/h4-8,16-17,19,22-23H,2-3,9-14,33H2,1H3,(H,34,38)(H,40,41)/t16?,19-,22?,23?/m0/s1. The van der Waals surface area contributed by atoms with Gasteiger partial charge in [-0.25, -0.2) is 13.6 Å². The summed E-state index contributed by atoms with van der Waals surface area (Å²) in [6, 6.07) is 7.37. The number of halogens is 2. The summed E-state index contributed by atoms with van der Waals surface area (Å²) in [6.07, 6.45) is 0.546. The first kappa shape index (κ1) is 28.8. The first-order chi connectivity index (χ1) is 20.5. The zero-order valence-electron chi connectivity index (χ0n) is 23.6. The predicted molar refractivity (Wildman–Crippen MR) is 152 cm³/mol. The van der Waals surface area contributed by atoms with Crippen LogP contribution in [-0.4, -0.2) is 80.3 Å². The highest BCUT2D eigenvalue weighted by molar-refractivity contribution is 6.13. The fraction of sp³-hybridized carbons (Fsp3) is 0.467. The van der Waals surface area contributed by atoms with Gasteiger partial charge in [-0.2, -0.15) is 0 Å². The van der Waals surface area contributed by atoms with Crippen molar-refractivity contribution in [1.29, 1.82) is 0 Å². The van der Waals surface area contributed by atoms with Crippen LogP contribution in [0.1, 0.15) is 41.6 Å². The van der Waals surface area contributed by atoms with Gasteiger partial charge in [0, 0.05) is 44.1 Å². The van der Waals surface area contributed by atoms with E-state index in [1.54, 1.807) is 23.1 Å². The number of carboxylic acid groups (broad SMARTS) is 1. The predicted octanol–water partition coefficient (Wildman–Crippen LogP) is 2.47. The van der Waals surface area contributed by atoms with Crippen LogP contribution in [-0.2, 0) is 14.3 Å². The lowest BCUT2D eigenvalue weighted by Crippen LogP contribution is -2.44. The highest BCUT2D eigenvalue weighted by atomic mass is 19.1. The maximum Gasteiger partial charge on any atom is 0.414 e. The Morgan fingerprint density at radius 3 is 2.47 bits per heavy atom. The number of nitrogens with one attached hydrogen (secondary N) is 1. The van der Waals surface area contributed by atoms with E-state index in [0.29, 0.717) is 23.5 Å². The van der Waals surface area contributed by atoms with E-state index in [1.165, 1.54) is 17.9 Å². The molecule has 3 fully saturated rings. The molecule has 11 nitrogen and oxygen atoms in total. The minimum absolute atomic E-state index is 0.0427. The number of carbonyl (C=O) groups is 4. The number of anilines is 3. The van der Waals surface area contributed by atoms with Crippen LogP contribution in [0.15, 0.2) is 30.3 Å². The number of fused-ring (bicyclic) bond motifs is 1. The summed E-state index contributed by atoms with van der Waals surface area (Å²) in [4.78, 5) is 53.3. The third-order valence-electron chi connectivity index (χ3n) is 8.85. The van der Waals surface area contributed by atoms with Crippen LogP contribution >= 0.6 is 0 Å². The van der Waals surface area contributed by atoms with Crippen LogP contribution in [0.25, 0.3) is 0 Å². The van der Waals surface area contributed by atoms with Gasteiger partial charge in [0.2, 0.25) is 5.91 Å². The molecule has 0 aromatic heterocycles. The summed E-state index contributed by atoms with van der Waals surface area (Å²) in [7, 11) is 0. The molecule has 3 unspecified atom stereocenters. The number of ketones is 1. The van der Waals surface area contributed by atoms with Crippen molar-refractivity contribution >= 4 is 40.8 Å². The summed E-state index contributed by atoms with van der Waals surface area (Å²) >= 11 is 0. The van der Waals surface area contributed by atoms with Crippen molar-refractivity contribution in [3.8, 4) is 0 Å². The van der Waals surface area contributed by atoms with E-state index in [-0.39, 0.29) is 67.8 Å². The van der Waals surface area contributed by atoms with Crippen LogP contribution < -0.4 is 25.8 Å². The summed E-state index contributed by atoms with van der Waals surface area (Å²) in [6.45, 7) is 2.57. The van der Waals surface area contributed by atoms with E-state index in [9.17, 15) is 24.3 Å². The number of benzene rings is 2. The van der Waals surface area contributed by atoms with Crippen molar-refractivity contribution < 1.29 is 37.8 Å². The zero-order chi connectivity index (χ0) is 30.6. The third kappa shape index (κ3) is 5.37. The molecule has 2 aromatic carbocycles. The quantitative estimate of drug-likeness (QED) is 0.391. The fourth-order valence-corrected chi connectivity index (χ4v) is 6.46. The molecular weight excluding hydrogens is 564 g/mol. The third-order valence-corrected chi connectivity index (χ3v) is 8.85. The highest BCUT2D eigenvalue weighted by Crippen LogP contribution is 2.44. The van der Waals surface area contributed by atoms with Crippen LogP contribution in [0.3, 0.4) is 0 Å². The molecule has 4 atom stereocenters. The van der Waals surface area contributed by atoms with Crippen LogP contribution in [0, 0.1) is 23.5 Å². The SMILES string of the molecule is CC(=O)NC[C@H]1CN(c2ccc(C3CN(c4cc5c(cc4F)C(=O)C(C(=O)O)CN5C4CC4)CC3CN)c(F)c2)C(=O)O1. The molecule has 2 amide bonds. The van der Waals surface area contributed by atoms with E-state index in [2.05, 4.69) is 5.32 Å². The average Bonchev–Trinajstić information content (AvgIpc) is 3.61. The molecule has 13 heteroatoms. The number of Topliss-reactive ketones (excluding diaryl/α,β-unsaturated/α-hetero) is 1. The smallest absolute Gasteiger partial charge is 0.414 e. The summed E-state index contributed by atoms with van der Waals surface area (Å²) < 4.78 is 36.5. The molecule has 0 spiro atoms. The molecule has 43 heavy (non-hydrogen) atoms. The van der Waals surface area contributed by atoms with E-state index < -0.39 is 41.5 Å². The lowest BCUT2D eigenvalue weighted by Gasteiger charge is -2.35. The van der Waals surface area contributed by atoms with Gasteiger partial charge in [-0.15, -0.1) is 0 Å². The van der Waals surface area contributed by atoms with Crippen LogP contribution in [0.5, 0.6) is 0 Å². The minimum atomic E-state index is -1.24. The number of ether oxygens (including phenoxy) is 1. The lowest BCUT2D eigenvalue weighted by atomic mass is 9.88. The fourth-order valence-electron chi connectivity index (χ4n) is 6.46. The average molecular weight is 598 g/mol. The Bertz CT molecular complexity index is 1500. The normalized spacial score (nSPS) is 25.2. The maximum atomic E-state index is 15.6. The van der Waals surface area contributed by atoms with Gasteiger partial charge in [0.05, 0.1) is 30.2 Å². The molecule has 4 N–H and O–H groups in total. The van der Waals surface area contributed by atoms with Crippen molar-refractivity contribution in [3.05, 3.63) is 53.1 Å². The van der Waals surface area contributed by atoms with Crippen molar-refractivity contribution in [2.45, 2.75) is 37.8 Å². The number of cyclic esters (lactones) is 1. The van der Waals surface area contributed by atoms with Gasteiger partial charge in [-0.1, -0.05) is 6.07 Å². The van der Waals surface area contributed by atoms with Gasteiger partial charge < -0.3 is 30.7 Å². The Balaban J connectivity index is 1.24. The van der Waals surface area contributed by atoms with Gasteiger partial charge >= 0.3 is 12.1 Å². The molecule has 3 aliphatic heterocycles. The molecule has 0 bridgehead atoms. The molecular formula is C30H33F2N5O6. The Hall–Kier alpha value is -4.26. The number of nitrogens with two attached hydrogens (primary N) is 1. The van der Waals surface area contributed by atoms with Crippen LogP contribution in [0.4, 0.5) is 30.6 Å². The first-order valence-electron chi connectivity index (χ1n) is 14.4. The Morgan fingerprint density at radius 2 is 1.81 bits per heavy atom. The second kappa shape index (κ2) is 11.1. The van der Waals surface area contributed by atoms with E-state index >= 15 is 8.78 Å². The molecule has 1 saturated carbocycles. The van der Waals surface area contributed by atoms with Gasteiger partial charge in [0.25, 0.3) is 0 Å². The maximum absolute atomic E-state index is 15.6. The van der Waals surface area contributed by atoms with Crippen LogP contribution in [0.2, 0.25) is 0 Å². The van der Waals surface area contributed by atoms with Gasteiger partial charge in [0.15, 0.2) is 5.78 Å². The number of nitrogens with zero attached hydrogens (tertiary/aromatic N) is 3. The van der Waals surface area contributed by atoms with E-state index in [0.717, 1.165) is 18.9 Å². The van der Waals surface area contributed by atoms with E-state index in [1.807, 2.05) is 4.90 Å². The Morgan fingerprint density at radius 1 is 1.05 bits per heavy atom. The molecule has 1 aliphatic carbocycles. The number of hydrogen-bond donors (Lipinski definition) is 3. The number of carbonyl (C=O) groups excluding carboxylic acids is 3. The number of hydrogen-bond acceptors (Lipinski definition) is 8. The Kier molecular flexibility index (Phi) is 7.45. The summed E-state index contributed by atoms with van der Waals surface area (Å²) in [5, 5.41) is 12.2. The molecule has 2 aromatic rings. The lowest BCUT2D eigenvalue weighted by molar-refractivity contribution is -0.139. The number of aliphatic carboxylic acids is 1. The molecule has 6 rings (SSSR count). The van der Waals surface area contributed by atoms with Gasteiger partial charge in [-0.3, -0.25) is 19.3 Å². The molecule has 228 valence electrons. The molecule has 2 saturated heterocycles. The number of amides is 2. The molecule has 4 aliphatic rings. The van der Waals surface area contributed by atoms with Gasteiger partial charge in [0.1, 0.15) is 23.7 Å². The van der Waals surface area contributed by atoms with Crippen molar-refractivity contribution in [3.63, 3.8) is 0 Å². The zero-order valence-corrected chi connectivity index (χ0v) is 23.6. The number of carboxylic acids is 1. The second-order valence-electron chi connectivity index (χ2n) is 11.7. The summed E-state index contributed by atoms with van der Waals surface area (Å²) in [5.41, 5.74) is 7.66. The summed E-state index contributed by atoms with van der Waals surface area (Å²) in [5.74, 6) is -5.07. The Labute approximate surface area is 246 Å².